The van der Waals surface area contributed by atoms with Crippen LogP contribution in [0.1, 0.15) is 30.0 Å². The average molecular weight is 411 g/mol. The molecular formula is C24H34N4O2. The van der Waals surface area contributed by atoms with E-state index in [9.17, 15) is 9.90 Å². The van der Waals surface area contributed by atoms with Gasteiger partial charge in [0.2, 0.25) is 0 Å². The number of carbonyl (C=O) groups is 1. The van der Waals surface area contributed by atoms with Crippen LogP contribution >= 0.6 is 0 Å². The number of nitrogens with zero attached hydrogens (tertiary/aromatic N) is 3. The van der Waals surface area contributed by atoms with E-state index >= 15 is 0 Å². The quantitative estimate of drug-likeness (QED) is 0.735. The van der Waals surface area contributed by atoms with E-state index in [-0.39, 0.29) is 17.8 Å². The Labute approximate surface area is 180 Å². The van der Waals surface area contributed by atoms with Crippen LogP contribution < -0.4 is 5.32 Å². The highest BCUT2D eigenvalue weighted by atomic mass is 16.3. The number of benzene rings is 2. The van der Waals surface area contributed by atoms with E-state index in [1.807, 2.05) is 24.3 Å². The number of amides is 2. The Morgan fingerprint density at radius 3 is 2.50 bits per heavy atom. The molecule has 0 radical (unpaired) electrons. The smallest absolute Gasteiger partial charge is 0.317 e. The Morgan fingerprint density at radius 2 is 1.83 bits per heavy atom. The molecule has 0 aromatic heterocycles. The van der Waals surface area contributed by atoms with Crippen molar-refractivity contribution in [2.75, 3.05) is 40.8 Å². The summed E-state index contributed by atoms with van der Waals surface area (Å²) < 4.78 is 0. The van der Waals surface area contributed by atoms with Gasteiger partial charge in [-0.3, -0.25) is 0 Å². The highest BCUT2D eigenvalue weighted by molar-refractivity contribution is 5.74. The number of rotatable bonds is 7. The summed E-state index contributed by atoms with van der Waals surface area (Å²) in [6.07, 6.45) is 2.31. The maximum absolute atomic E-state index is 12.9. The van der Waals surface area contributed by atoms with Gasteiger partial charge in [0.25, 0.3) is 0 Å². The molecule has 2 amide bonds. The van der Waals surface area contributed by atoms with Gasteiger partial charge in [-0.05, 0) is 63.3 Å². The molecule has 1 unspecified atom stereocenters. The third-order valence-corrected chi connectivity index (χ3v) is 5.96. The number of carbonyl (C=O) groups excluding carboxylic acids is 1. The molecule has 6 nitrogen and oxygen atoms in total. The zero-order valence-corrected chi connectivity index (χ0v) is 18.3. The van der Waals surface area contributed by atoms with E-state index in [4.69, 9.17) is 0 Å². The molecule has 1 aliphatic rings. The molecule has 0 aliphatic carbocycles. The minimum absolute atomic E-state index is 0.0880. The van der Waals surface area contributed by atoms with E-state index in [1.165, 1.54) is 0 Å². The second-order valence-electron chi connectivity index (χ2n) is 8.41. The Morgan fingerprint density at radius 1 is 1.13 bits per heavy atom. The van der Waals surface area contributed by atoms with E-state index in [0.29, 0.717) is 12.6 Å². The van der Waals surface area contributed by atoms with Crippen molar-refractivity contribution >= 4 is 6.03 Å². The molecular weight excluding hydrogens is 376 g/mol. The second kappa shape index (κ2) is 10.5. The lowest BCUT2D eigenvalue weighted by Crippen LogP contribution is -2.47. The zero-order valence-electron chi connectivity index (χ0n) is 18.3. The molecule has 1 heterocycles. The normalized spacial score (nSPS) is 16.4. The molecule has 0 saturated carbocycles. The van der Waals surface area contributed by atoms with Crippen molar-refractivity contribution in [2.24, 2.45) is 0 Å². The van der Waals surface area contributed by atoms with Crippen LogP contribution in [-0.4, -0.2) is 72.7 Å². The molecule has 0 bridgehead atoms. The van der Waals surface area contributed by atoms with Crippen LogP contribution in [0.2, 0.25) is 0 Å². The molecule has 1 fully saturated rings. The number of likely N-dealkylation sites (N-methyl/N-ethyl adjacent to an activating group) is 1. The summed E-state index contributed by atoms with van der Waals surface area (Å²) in [6.45, 7) is 3.44. The fourth-order valence-electron chi connectivity index (χ4n) is 4.05. The van der Waals surface area contributed by atoms with Gasteiger partial charge in [0.1, 0.15) is 5.75 Å². The predicted molar refractivity (Wildman–Crippen MR) is 120 cm³/mol. The van der Waals surface area contributed by atoms with Crippen molar-refractivity contribution in [3.63, 3.8) is 0 Å². The summed E-state index contributed by atoms with van der Waals surface area (Å²) in [6, 6.07) is 17.5. The zero-order chi connectivity index (χ0) is 21.5. The lowest BCUT2D eigenvalue weighted by Gasteiger charge is -2.37. The molecule has 2 N–H and O–H groups in total. The molecule has 0 spiro atoms. The molecule has 1 saturated heterocycles. The highest BCUT2D eigenvalue weighted by Gasteiger charge is 2.25. The standard InChI is InChI=1S/C24H34N4O2/c1-26-14-12-21(13-15-26)27(2)18-23(20-9-5-4-6-10-20)25-24(30)28(3)17-19-8-7-11-22(29)16-19/h4-11,16,21,23,29H,12-15,17-18H2,1-3H3,(H,25,30). The fourth-order valence-corrected chi connectivity index (χ4v) is 4.05. The summed E-state index contributed by atoms with van der Waals surface area (Å²) in [5.41, 5.74) is 2.00. The molecule has 2 aromatic rings. The number of nitrogens with one attached hydrogen (secondary N) is 1. The highest BCUT2D eigenvalue weighted by Crippen LogP contribution is 2.20. The Balaban J connectivity index is 1.65. The molecule has 30 heavy (non-hydrogen) atoms. The molecule has 1 atom stereocenters. The number of urea groups is 1. The monoisotopic (exact) mass is 410 g/mol. The summed E-state index contributed by atoms with van der Waals surface area (Å²) in [7, 11) is 6.11. The third kappa shape index (κ3) is 6.21. The second-order valence-corrected chi connectivity index (χ2v) is 8.41. The SMILES string of the molecule is CN1CCC(N(C)CC(NC(=O)N(C)Cc2cccc(O)c2)c2ccccc2)CC1. The first-order valence-electron chi connectivity index (χ1n) is 10.7. The predicted octanol–water partition coefficient (Wildman–Crippen LogP) is 3.30. The Bertz CT molecular complexity index is 806. The van der Waals surface area contributed by atoms with Gasteiger partial charge < -0.3 is 25.1 Å². The molecule has 162 valence electrons. The largest absolute Gasteiger partial charge is 0.508 e. The van der Waals surface area contributed by atoms with E-state index in [1.54, 1.807) is 30.1 Å². The van der Waals surface area contributed by atoms with Gasteiger partial charge in [-0.25, -0.2) is 4.79 Å². The molecule has 1 aliphatic heterocycles. The van der Waals surface area contributed by atoms with Crippen molar-refractivity contribution in [1.82, 2.24) is 20.0 Å². The van der Waals surface area contributed by atoms with Gasteiger partial charge >= 0.3 is 6.03 Å². The van der Waals surface area contributed by atoms with E-state index in [0.717, 1.165) is 43.6 Å². The van der Waals surface area contributed by atoms with Crippen LogP contribution in [0.25, 0.3) is 0 Å². The molecule has 2 aromatic carbocycles. The van der Waals surface area contributed by atoms with Crippen molar-refractivity contribution in [3.8, 4) is 5.75 Å². The van der Waals surface area contributed by atoms with E-state index in [2.05, 4.69) is 41.3 Å². The van der Waals surface area contributed by atoms with Gasteiger partial charge in [-0.2, -0.15) is 0 Å². The number of phenolic OH excluding ortho intramolecular Hbond substituents is 1. The Kier molecular flexibility index (Phi) is 7.71. The number of aromatic hydroxyl groups is 1. The van der Waals surface area contributed by atoms with Crippen LogP contribution in [0.4, 0.5) is 4.79 Å². The van der Waals surface area contributed by atoms with E-state index < -0.39 is 0 Å². The third-order valence-electron chi connectivity index (χ3n) is 5.96. The van der Waals surface area contributed by atoms with Crippen molar-refractivity contribution in [1.29, 1.82) is 0 Å². The van der Waals surface area contributed by atoms with Crippen LogP contribution in [0.15, 0.2) is 54.6 Å². The number of phenols is 1. The summed E-state index contributed by atoms with van der Waals surface area (Å²) in [5, 5.41) is 12.9. The molecule has 6 heteroatoms. The van der Waals surface area contributed by atoms with Gasteiger partial charge in [0, 0.05) is 26.2 Å². The fraction of sp³-hybridized carbons (Fsp3) is 0.458. The van der Waals surface area contributed by atoms with Crippen molar-refractivity contribution in [3.05, 3.63) is 65.7 Å². The minimum Gasteiger partial charge on any atom is -0.508 e. The van der Waals surface area contributed by atoms with Crippen LogP contribution in [0.5, 0.6) is 5.75 Å². The first-order chi connectivity index (χ1) is 14.4. The maximum Gasteiger partial charge on any atom is 0.317 e. The average Bonchev–Trinajstić information content (AvgIpc) is 2.74. The lowest BCUT2D eigenvalue weighted by molar-refractivity contribution is 0.133. The summed E-state index contributed by atoms with van der Waals surface area (Å²) in [5.74, 6) is 0.211. The van der Waals surface area contributed by atoms with Gasteiger partial charge in [0.05, 0.1) is 6.04 Å². The van der Waals surface area contributed by atoms with Gasteiger partial charge in [0.15, 0.2) is 0 Å². The first kappa shape index (κ1) is 22.1. The van der Waals surface area contributed by atoms with Crippen molar-refractivity contribution < 1.29 is 9.90 Å². The molecule has 3 rings (SSSR count). The van der Waals surface area contributed by atoms with Crippen molar-refractivity contribution in [2.45, 2.75) is 31.5 Å². The van der Waals surface area contributed by atoms with Crippen LogP contribution in [-0.2, 0) is 6.54 Å². The van der Waals surface area contributed by atoms with Crippen LogP contribution in [0.3, 0.4) is 0 Å². The first-order valence-corrected chi connectivity index (χ1v) is 10.7. The maximum atomic E-state index is 12.9. The number of hydrogen-bond acceptors (Lipinski definition) is 4. The topological polar surface area (TPSA) is 59.0 Å². The van der Waals surface area contributed by atoms with Crippen LogP contribution in [0, 0.1) is 0 Å². The summed E-state index contributed by atoms with van der Waals surface area (Å²) in [4.78, 5) is 19.4. The summed E-state index contributed by atoms with van der Waals surface area (Å²) >= 11 is 0. The lowest BCUT2D eigenvalue weighted by atomic mass is 10.0. The Hall–Kier alpha value is -2.57. The number of hydrogen-bond donors (Lipinski definition) is 2. The van der Waals surface area contributed by atoms with Gasteiger partial charge in [-0.15, -0.1) is 0 Å². The van der Waals surface area contributed by atoms with Gasteiger partial charge in [-0.1, -0.05) is 42.5 Å². The number of piperidine rings is 1. The minimum atomic E-state index is -0.121. The number of likely N-dealkylation sites (tertiary alicyclic amines) is 1.